The monoisotopic (exact) mass is 252 g/mol. The first-order chi connectivity index (χ1) is 9.00. The van der Waals surface area contributed by atoms with Gasteiger partial charge in [-0.15, -0.1) is 0 Å². The van der Waals surface area contributed by atoms with Crippen LogP contribution >= 0.6 is 0 Å². The first-order valence-electron chi connectivity index (χ1n) is 7.53. The Hall–Kier alpha value is -1.30. The zero-order valence-electron chi connectivity index (χ0n) is 12.6. The summed E-state index contributed by atoms with van der Waals surface area (Å²) < 4.78 is 0. The second kappa shape index (κ2) is 4.37. The number of aryl methyl sites for hydroxylation is 1. The minimum Gasteiger partial charge on any atom is -0.0616 e. The van der Waals surface area contributed by atoms with Crippen molar-refractivity contribution in [3.8, 4) is 0 Å². The van der Waals surface area contributed by atoms with Crippen molar-refractivity contribution >= 4 is 10.8 Å². The van der Waals surface area contributed by atoms with Crippen LogP contribution in [0.5, 0.6) is 0 Å². The molecule has 0 nitrogen and oxygen atoms in total. The molecule has 100 valence electrons. The molecule has 0 spiro atoms. The molecule has 0 aromatic heterocycles. The Morgan fingerprint density at radius 2 is 1.42 bits per heavy atom. The second-order valence-electron chi connectivity index (χ2n) is 6.96. The van der Waals surface area contributed by atoms with Gasteiger partial charge in [-0.05, 0) is 71.0 Å². The van der Waals surface area contributed by atoms with Gasteiger partial charge in [0.1, 0.15) is 0 Å². The maximum absolute atomic E-state index is 2.34. The summed E-state index contributed by atoms with van der Waals surface area (Å²) in [5.41, 5.74) is 6.61. The Morgan fingerprint density at radius 1 is 0.842 bits per heavy atom. The fourth-order valence-corrected chi connectivity index (χ4v) is 3.90. The molecule has 0 heteroatoms. The number of hydrogen-bond donors (Lipinski definition) is 0. The fourth-order valence-electron chi connectivity index (χ4n) is 3.90. The summed E-state index contributed by atoms with van der Waals surface area (Å²) in [6.45, 7) is 9.38. The van der Waals surface area contributed by atoms with E-state index in [2.05, 4.69) is 52.0 Å². The fraction of sp³-hybridized carbons (Fsp3) is 0.474. The molecule has 0 radical (unpaired) electrons. The Kier molecular flexibility index (Phi) is 2.92. The SMILES string of the molecule is Cc1c2c(c3ccccc3c1C(C)(C)C)CCCC2. The van der Waals surface area contributed by atoms with E-state index in [1.165, 1.54) is 36.5 Å². The van der Waals surface area contributed by atoms with Crippen molar-refractivity contribution in [1.82, 2.24) is 0 Å². The minimum atomic E-state index is 0.218. The quantitative estimate of drug-likeness (QED) is 0.595. The zero-order valence-corrected chi connectivity index (χ0v) is 12.6. The molecular formula is C19H24. The van der Waals surface area contributed by atoms with Gasteiger partial charge in [0.15, 0.2) is 0 Å². The Labute approximate surface area is 116 Å². The van der Waals surface area contributed by atoms with Crippen LogP contribution in [0.2, 0.25) is 0 Å². The highest BCUT2D eigenvalue weighted by molar-refractivity contribution is 5.92. The van der Waals surface area contributed by atoms with Gasteiger partial charge in [0.05, 0.1) is 0 Å². The van der Waals surface area contributed by atoms with Crippen LogP contribution in [0.15, 0.2) is 24.3 Å². The van der Waals surface area contributed by atoms with E-state index in [1.54, 1.807) is 22.3 Å². The molecule has 0 amide bonds. The van der Waals surface area contributed by atoms with Crippen molar-refractivity contribution in [2.45, 2.75) is 58.8 Å². The van der Waals surface area contributed by atoms with E-state index in [1.807, 2.05) is 0 Å². The smallest absolute Gasteiger partial charge is 0.0123 e. The largest absolute Gasteiger partial charge is 0.0616 e. The molecule has 0 aliphatic heterocycles. The molecule has 0 saturated carbocycles. The molecule has 0 bridgehead atoms. The summed E-state index contributed by atoms with van der Waals surface area (Å²) >= 11 is 0. The van der Waals surface area contributed by atoms with Crippen LogP contribution in [-0.2, 0) is 18.3 Å². The Balaban J connectivity index is 2.46. The molecule has 2 aromatic carbocycles. The van der Waals surface area contributed by atoms with E-state index in [0.29, 0.717) is 0 Å². The van der Waals surface area contributed by atoms with Gasteiger partial charge in [0.2, 0.25) is 0 Å². The number of benzene rings is 2. The summed E-state index contributed by atoms with van der Waals surface area (Å²) in [5.74, 6) is 0. The topological polar surface area (TPSA) is 0 Å². The van der Waals surface area contributed by atoms with E-state index in [-0.39, 0.29) is 5.41 Å². The van der Waals surface area contributed by atoms with Gasteiger partial charge in [0.25, 0.3) is 0 Å². The predicted octanol–water partition coefficient (Wildman–Crippen LogP) is 5.32. The average molecular weight is 252 g/mol. The van der Waals surface area contributed by atoms with Crippen molar-refractivity contribution in [3.05, 3.63) is 46.5 Å². The van der Waals surface area contributed by atoms with Crippen LogP contribution in [0.3, 0.4) is 0 Å². The highest BCUT2D eigenvalue weighted by Crippen LogP contribution is 2.39. The summed E-state index contributed by atoms with van der Waals surface area (Å²) in [6, 6.07) is 9.02. The number of rotatable bonds is 0. The van der Waals surface area contributed by atoms with Crippen LogP contribution in [0.4, 0.5) is 0 Å². The van der Waals surface area contributed by atoms with Gasteiger partial charge < -0.3 is 0 Å². The first kappa shape index (κ1) is 12.7. The van der Waals surface area contributed by atoms with E-state index >= 15 is 0 Å². The average Bonchev–Trinajstić information content (AvgIpc) is 2.38. The van der Waals surface area contributed by atoms with Crippen LogP contribution in [0.1, 0.15) is 55.9 Å². The van der Waals surface area contributed by atoms with Crippen molar-refractivity contribution in [1.29, 1.82) is 0 Å². The lowest BCUT2D eigenvalue weighted by atomic mass is 9.75. The van der Waals surface area contributed by atoms with Crippen LogP contribution in [0, 0.1) is 6.92 Å². The van der Waals surface area contributed by atoms with Crippen LogP contribution in [0.25, 0.3) is 10.8 Å². The lowest BCUT2D eigenvalue weighted by Crippen LogP contribution is -2.18. The van der Waals surface area contributed by atoms with Gasteiger partial charge >= 0.3 is 0 Å². The van der Waals surface area contributed by atoms with E-state index < -0.39 is 0 Å². The van der Waals surface area contributed by atoms with Crippen molar-refractivity contribution in [3.63, 3.8) is 0 Å². The minimum absolute atomic E-state index is 0.218. The highest BCUT2D eigenvalue weighted by atomic mass is 14.3. The van der Waals surface area contributed by atoms with E-state index in [4.69, 9.17) is 0 Å². The van der Waals surface area contributed by atoms with Gasteiger partial charge in [0, 0.05) is 0 Å². The zero-order chi connectivity index (χ0) is 13.6. The van der Waals surface area contributed by atoms with Gasteiger partial charge in [-0.1, -0.05) is 45.0 Å². The molecule has 2 aromatic rings. The molecule has 0 saturated heterocycles. The molecule has 3 rings (SSSR count). The standard InChI is InChI=1S/C19H24/c1-13-14-9-5-6-10-15(14)16-11-7-8-12-17(16)18(13)19(2,3)4/h7-8,11-12H,5-6,9-10H2,1-4H3. The first-order valence-corrected chi connectivity index (χ1v) is 7.53. The molecule has 0 atom stereocenters. The molecule has 0 N–H and O–H groups in total. The van der Waals surface area contributed by atoms with Crippen molar-refractivity contribution in [2.75, 3.05) is 0 Å². The third-order valence-electron chi connectivity index (χ3n) is 4.57. The number of hydrogen-bond acceptors (Lipinski definition) is 0. The van der Waals surface area contributed by atoms with Crippen LogP contribution in [-0.4, -0.2) is 0 Å². The molecule has 19 heavy (non-hydrogen) atoms. The molecule has 0 heterocycles. The van der Waals surface area contributed by atoms with Crippen LogP contribution < -0.4 is 0 Å². The normalized spacial score (nSPS) is 15.6. The molecule has 1 aliphatic carbocycles. The van der Waals surface area contributed by atoms with E-state index in [9.17, 15) is 0 Å². The summed E-state index contributed by atoms with van der Waals surface area (Å²) in [7, 11) is 0. The third kappa shape index (κ3) is 1.98. The lowest BCUT2D eigenvalue weighted by Gasteiger charge is -2.30. The summed E-state index contributed by atoms with van der Waals surface area (Å²) in [6.07, 6.45) is 5.25. The molecule has 1 aliphatic rings. The molecule has 0 unspecified atom stereocenters. The van der Waals surface area contributed by atoms with E-state index in [0.717, 1.165) is 0 Å². The Morgan fingerprint density at radius 3 is 2.05 bits per heavy atom. The van der Waals surface area contributed by atoms with Gasteiger partial charge in [-0.2, -0.15) is 0 Å². The van der Waals surface area contributed by atoms with Gasteiger partial charge in [-0.25, -0.2) is 0 Å². The molecular weight excluding hydrogens is 228 g/mol. The number of fused-ring (bicyclic) bond motifs is 3. The third-order valence-corrected chi connectivity index (χ3v) is 4.57. The van der Waals surface area contributed by atoms with Crippen molar-refractivity contribution < 1.29 is 0 Å². The molecule has 0 fully saturated rings. The summed E-state index contributed by atoms with van der Waals surface area (Å²) in [4.78, 5) is 0. The predicted molar refractivity (Wildman–Crippen MR) is 84.0 cm³/mol. The lowest BCUT2D eigenvalue weighted by molar-refractivity contribution is 0.587. The van der Waals surface area contributed by atoms with Crippen molar-refractivity contribution in [2.24, 2.45) is 0 Å². The summed E-state index contributed by atoms with van der Waals surface area (Å²) in [5, 5.41) is 2.99. The second-order valence-corrected chi connectivity index (χ2v) is 6.96. The van der Waals surface area contributed by atoms with Gasteiger partial charge in [-0.3, -0.25) is 0 Å². The Bertz CT molecular complexity index is 627. The highest BCUT2D eigenvalue weighted by Gasteiger charge is 2.25. The maximum Gasteiger partial charge on any atom is -0.0123 e. The maximum atomic E-state index is 2.34.